The largest absolute Gasteiger partial charge is 1.00 e. The molecule has 1 atom stereocenters. The van der Waals surface area contributed by atoms with Gasteiger partial charge in [0.2, 0.25) is 0 Å². The van der Waals surface area contributed by atoms with Gasteiger partial charge in [0.1, 0.15) is 5.25 Å². The van der Waals surface area contributed by atoms with Gasteiger partial charge in [0, 0.05) is 11.4 Å². The van der Waals surface area contributed by atoms with Crippen molar-refractivity contribution in [2.24, 2.45) is 5.41 Å². The number of unbranched alkanes of at least 4 members (excludes halogenated alkanes) is 8. The number of aliphatic carboxylic acids is 2. The maximum absolute atomic E-state index is 11.9. The van der Waals surface area contributed by atoms with Crippen molar-refractivity contribution < 1.29 is 103 Å². The summed E-state index contributed by atoms with van der Waals surface area (Å²) in [6.45, 7) is 4.04. The van der Waals surface area contributed by atoms with Crippen molar-refractivity contribution in [3.8, 4) is 0 Å². The van der Waals surface area contributed by atoms with Gasteiger partial charge in [-0.05, 0) is 12.8 Å². The molecule has 170 valence electrons. The van der Waals surface area contributed by atoms with Crippen molar-refractivity contribution in [2.75, 3.05) is 0 Å². The van der Waals surface area contributed by atoms with E-state index >= 15 is 0 Å². The second-order valence-corrected chi connectivity index (χ2v) is 8.49. The number of carboxylic acids is 2. The zero-order chi connectivity index (χ0) is 20.2. The molecule has 0 heterocycles. The second-order valence-electron chi connectivity index (χ2n) is 6.99. The number of hydrogen-bond acceptors (Lipinski definition) is 6. The molecule has 30 heavy (non-hydrogen) atoms. The summed E-state index contributed by atoms with van der Waals surface area (Å²) in [7, 11) is -5.14. The molecular weight excluding hydrogens is 438 g/mol. The van der Waals surface area contributed by atoms with Crippen LogP contribution in [-0.2, 0) is 19.7 Å². The summed E-state index contributed by atoms with van der Waals surface area (Å²) >= 11 is 0. The Kier molecular flexibility index (Phi) is 29.6. The number of carbonyl (C=O) groups excluding carboxylic acids is 2. The standard InChI is InChI=1S/C18H34O7S.2Na.2H2O/c1-3-5-7-9-11-13-18(17(21)22,14-12-10-8-6-4-2)15(16(19)20)26(23,24)25;;;;/h15H,3-14H2,1-2H3,(H,19,20)(H,21,22)(H,23,24,25);;;2*1H2/q;2*+1;;/p-2. The van der Waals surface area contributed by atoms with Gasteiger partial charge in [0.15, 0.2) is 0 Å². The van der Waals surface area contributed by atoms with Gasteiger partial charge < -0.3 is 30.8 Å². The minimum atomic E-state index is -5.14. The first-order chi connectivity index (χ1) is 12.1. The van der Waals surface area contributed by atoms with Crippen LogP contribution in [0.3, 0.4) is 0 Å². The fourth-order valence-electron chi connectivity index (χ4n) is 3.42. The molecule has 1 unspecified atom stereocenters. The molecule has 0 aromatic carbocycles. The van der Waals surface area contributed by atoms with Crippen LogP contribution in [0.1, 0.15) is 90.9 Å². The maximum atomic E-state index is 11.9. The van der Waals surface area contributed by atoms with E-state index in [2.05, 4.69) is 0 Å². The molecule has 0 saturated carbocycles. The third-order valence-electron chi connectivity index (χ3n) is 4.87. The Labute approximate surface area is 224 Å². The molecule has 0 bridgehead atoms. The molecule has 0 saturated heterocycles. The summed E-state index contributed by atoms with van der Waals surface area (Å²) in [6, 6.07) is 0. The van der Waals surface area contributed by atoms with Crippen LogP contribution in [0.5, 0.6) is 0 Å². The molecule has 5 N–H and O–H groups in total. The van der Waals surface area contributed by atoms with E-state index in [1.807, 2.05) is 13.8 Å². The van der Waals surface area contributed by atoms with E-state index in [-0.39, 0.29) is 82.9 Å². The van der Waals surface area contributed by atoms with Gasteiger partial charge in [-0.15, -0.1) is 0 Å². The summed E-state index contributed by atoms with van der Waals surface area (Å²) in [6.07, 6.45) is 7.23. The Hall–Kier alpha value is 0.770. The molecule has 0 fully saturated rings. The molecule has 12 heteroatoms. The summed E-state index contributed by atoms with van der Waals surface area (Å²) in [5.41, 5.74) is -2.18. The minimum Gasteiger partial charge on any atom is -0.549 e. The summed E-state index contributed by atoms with van der Waals surface area (Å²) in [5, 5.41) is 20.8. The average Bonchev–Trinajstić information content (AvgIpc) is 2.52. The van der Waals surface area contributed by atoms with Crippen LogP contribution in [0, 0.1) is 5.41 Å². The zero-order valence-corrected chi connectivity index (χ0v) is 23.7. The number of rotatable bonds is 16. The fourth-order valence-corrected chi connectivity index (χ4v) is 4.56. The first-order valence-electron chi connectivity index (χ1n) is 9.52. The van der Waals surface area contributed by atoms with Crippen LogP contribution in [0.25, 0.3) is 0 Å². The molecular formula is C18H36Na2O9S. The molecule has 0 aromatic heterocycles. The Morgan fingerprint density at radius 1 is 0.800 bits per heavy atom. The van der Waals surface area contributed by atoms with Gasteiger partial charge >= 0.3 is 59.1 Å². The third-order valence-corrected chi connectivity index (χ3v) is 6.11. The molecule has 0 aliphatic heterocycles. The smallest absolute Gasteiger partial charge is 0.549 e. The first-order valence-corrected chi connectivity index (χ1v) is 11.0. The maximum Gasteiger partial charge on any atom is 1.00 e. The van der Waals surface area contributed by atoms with Crippen LogP contribution in [0.15, 0.2) is 0 Å². The average molecular weight is 475 g/mol. The summed E-state index contributed by atoms with van der Waals surface area (Å²) < 4.78 is 32.7. The Morgan fingerprint density at radius 2 is 1.13 bits per heavy atom. The van der Waals surface area contributed by atoms with E-state index in [9.17, 15) is 32.8 Å². The molecule has 0 rings (SSSR count). The van der Waals surface area contributed by atoms with Crippen LogP contribution < -0.4 is 69.3 Å². The number of carbonyl (C=O) groups is 2. The van der Waals surface area contributed by atoms with Crippen LogP contribution in [-0.4, -0.2) is 41.1 Å². The Bertz CT molecular complexity index is 528. The van der Waals surface area contributed by atoms with Crippen molar-refractivity contribution >= 4 is 22.1 Å². The van der Waals surface area contributed by atoms with Crippen molar-refractivity contribution in [1.82, 2.24) is 0 Å². The van der Waals surface area contributed by atoms with Crippen LogP contribution in [0.2, 0.25) is 0 Å². The molecule has 9 nitrogen and oxygen atoms in total. The topological polar surface area (TPSA) is 198 Å². The summed E-state index contributed by atoms with van der Waals surface area (Å²) in [4.78, 5) is 23.3. The monoisotopic (exact) mass is 474 g/mol. The van der Waals surface area contributed by atoms with Crippen molar-refractivity contribution in [2.45, 2.75) is 96.1 Å². The second kappa shape index (κ2) is 21.6. The summed E-state index contributed by atoms with van der Waals surface area (Å²) in [5.74, 6) is -3.85. The fraction of sp³-hybridized carbons (Fsp3) is 0.889. The van der Waals surface area contributed by atoms with Crippen molar-refractivity contribution in [3.63, 3.8) is 0 Å². The van der Waals surface area contributed by atoms with Crippen molar-refractivity contribution in [3.05, 3.63) is 0 Å². The predicted molar refractivity (Wildman–Crippen MR) is 102 cm³/mol. The van der Waals surface area contributed by atoms with E-state index in [4.69, 9.17) is 0 Å². The SMILES string of the molecule is CCCCCCCC(CCCCCCC)(C(=O)[O-])C(C(=O)[O-])S(=O)(=O)O.O.O.[Na+].[Na+]. The van der Waals surface area contributed by atoms with E-state index < -0.39 is 32.7 Å². The van der Waals surface area contributed by atoms with E-state index in [0.717, 1.165) is 38.5 Å². The minimum absolute atomic E-state index is 0. The number of hydrogen-bond donors (Lipinski definition) is 1. The first kappa shape index (κ1) is 41.1. The molecule has 0 aliphatic rings. The third kappa shape index (κ3) is 14.8. The molecule has 0 aliphatic carbocycles. The Balaban J connectivity index is -0.000000521. The quantitative estimate of drug-likeness (QED) is 0.130. The van der Waals surface area contributed by atoms with Crippen LogP contribution >= 0.6 is 0 Å². The molecule has 0 amide bonds. The van der Waals surface area contributed by atoms with Gasteiger partial charge in [-0.25, -0.2) is 0 Å². The van der Waals surface area contributed by atoms with Crippen molar-refractivity contribution in [1.29, 1.82) is 0 Å². The predicted octanol–water partition coefficient (Wildman–Crippen LogP) is -6.19. The van der Waals surface area contributed by atoms with E-state index in [1.165, 1.54) is 0 Å². The van der Waals surface area contributed by atoms with E-state index in [1.54, 1.807) is 0 Å². The van der Waals surface area contributed by atoms with Gasteiger partial charge in [-0.2, -0.15) is 8.42 Å². The van der Waals surface area contributed by atoms with E-state index in [0.29, 0.717) is 25.7 Å². The normalized spacial score (nSPS) is 11.7. The zero-order valence-electron chi connectivity index (χ0n) is 18.9. The van der Waals surface area contributed by atoms with Gasteiger partial charge in [0.25, 0.3) is 10.1 Å². The molecule has 0 aromatic rings. The number of carboxylic acid groups (broad SMARTS) is 2. The molecule has 0 spiro atoms. The Morgan fingerprint density at radius 3 is 1.37 bits per heavy atom. The van der Waals surface area contributed by atoms with Crippen LogP contribution in [0.4, 0.5) is 0 Å². The van der Waals surface area contributed by atoms with Gasteiger partial charge in [-0.3, -0.25) is 4.55 Å². The van der Waals surface area contributed by atoms with Gasteiger partial charge in [-0.1, -0.05) is 78.1 Å². The molecule has 0 radical (unpaired) electrons. The van der Waals surface area contributed by atoms with Gasteiger partial charge in [0.05, 0.1) is 5.97 Å².